The Labute approximate surface area is 183 Å². The van der Waals surface area contributed by atoms with E-state index in [0.717, 1.165) is 17.9 Å². The minimum absolute atomic E-state index is 0. The summed E-state index contributed by atoms with van der Waals surface area (Å²) in [5.74, 6) is 2.25. The third-order valence-corrected chi connectivity index (χ3v) is 4.05. The molecule has 0 radical (unpaired) electrons. The number of halogens is 2. The molecule has 0 spiro atoms. The van der Waals surface area contributed by atoms with E-state index in [1.807, 2.05) is 19.1 Å². The molecule has 2 aromatic rings. The summed E-state index contributed by atoms with van der Waals surface area (Å²) in [6.45, 7) is 6.61. The summed E-state index contributed by atoms with van der Waals surface area (Å²) < 4.78 is 5.86. The van der Waals surface area contributed by atoms with E-state index in [-0.39, 0.29) is 30.2 Å². The van der Waals surface area contributed by atoms with Crippen LogP contribution < -0.4 is 24.8 Å². The Hall–Kier alpha value is -0.600. The molecule has 134 valence electrons. The molecular formula is C21H21Cl2OSiZr-. The SMILES string of the molecule is C[Si](C)=[Zr+2].Cc1ccc(C2=Cc3ccccc3C2C2=CC=[C-]C2)o1.[Cl-].[Cl-]. The van der Waals surface area contributed by atoms with Gasteiger partial charge in [0.2, 0.25) is 0 Å². The molecule has 0 aliphatic heterocycles. The van der Waals surface area contributed by atoms with E-state index in [1.54, 1.807) is 23.3 Å². The summed E-state index contributed by atoms with van der Waals surface area (Å²) in [4.78, 5) is 0. The normalized spacial score (nSPS) is 16.4. The number of hydrogen-bond acceptors (Lipinski definition) is 1. The van der Waals surface area contributed by atoms with Crippen LogP contribution in [0.2, 0.25) is 13.1 Å². The van der Waals surface area contributed by atoms with Crippen molar-refractivity contribution in [1.82, 2.24) is 0 Å². The molecule has 2 aliphatic rings. The number of furan rings is 1. The van der Waals surface area contributed by atoms with E-state index < -0.39 is 0 Å². The van der Waals surface area contributed by atoms with Crippen molar-refractivity contribution in [3.63, 3.8) is 0 Å². The number of allylic oxidation sites excluding steroid dienone is 5. The third-order valence-electron chi connectivity index (χ3n) is 4.05. The van der Waals surface area contributed by atoms with Gasteiger partial charge in [0.05, 0.1) is 0 Å². The van der Waals surface area contributed by atoms with Gasteiger partial charge in [0.1, 0.15) is 11.5 Å². The van der Waals surface area contributed by atoms with Crippen molar-refractivity contribution in [2.24, 2.45) is 0 Å². The quantitative estimate of drug-likeness (QED) is 0.426. The maximum absolute atomic E-state index is 5.86. The van der Waals surface area contributed by atoms with Gasteiger partial charge in [0.15, 0.2) is 0 Å². The topological polar surface area (TPSA) is 13.1 Å². The maximum Gasteiger partial charge on any atom is 0.131 e. The van der Waals surface area contributed by atoms with Crippen molar-refractivity contribution < 1.29 is 52.6 Å². The molecule has 0 fully saturated rings. The molecule has 1 nitrogen and oxygen atoms in total. The predicted octanol–water partition coefficient (Wildman–Crippen LogP) is -0.292. The molecular weight excluding hydrogens is 458 g/mol. The molecule has 1 aromatic heterocycles. The monoisotopic (exact) mass is 477 g/mol. The van der Waals surface area contributed by atoms with Crippen molar-refractivity contribution in [3.05, 3.63) is 82.8 Å². The van der Waals surface area contributed by atoms with Crippen molar-refractivity contribution in [2.45, 2.75) is 32.4 Å². The van der Waals surface area contributed by atoms with Crippen LogP contribution in [-0.4, -0.2) is 5.43 Å². The van der Waals surface area contributed by atoms with Crippen molar-refractivity contribution in [1.29, 1.82) is 0 Å². The van der Waals surface area contributed by atoms with Gasteiger partial charge in [-0.1, -0.05) is 24.3 Å². The van der Waals surface area contributed by atoms with E-state index >= 15 is 0 Å². The molecule has 1 atom stereocenters. The average molecular weight is 480 g/mol. The summed E-state index contributed by atoms with van der Waals surface area (Å²) in [5.41, 5.74) is 5.55. The average Bonchev–Trinajstić information content (AvgIpc) is 3.24. The van der Waals surface area contributed by atoms with Crippen molar-refractivity contribution in [2.75, 3.05) is 0 Å². The van der Waals surface area contributed by atoms with Gasteiger partial charge in [0.25, 0.3) is 0 Å². The number of hydrogen-bond donors (Lipinski definition) is 0. The number of aryl methyl sites for hydroxylation is 1. The second kappa shape index (κ2) is 10.7. The van der Waals surface area contributed by atoms with Gasteiger partial charge in [-0.25, -0.2) is 12.2 Å². The number of fused-ring (bicyclic) bond motifs is 1. The molecule has 0 saturated heterocycles. The van der Waals surface area contributed by atoms with Crippen molar-refractivity contribution in [3.8, 4) is 0 Å². The maximum atomic E-state index is 5.86. The molecule has 0 N–H and O–H groups in total. The fraction of sp³-hybridized carbons (Fsp3) is 0.238. The zero-order valence-electron chi connectivity index (χ0n) is 15.1. The predicted molar refractivity (Wildman–Crippen MR) is 98.5 cm³/mol. The van der Waals surface area contributed by atoms with E-state index in [4.69, 9.17) is 4.42 Å². The van der Waals surface area contributed by atoms with Gasteiger partial charge in [-0.2, -0.15) is 5.57 Å². The Morgan fingerprint density at radius 1 is 1.12 bits per heavy atom. The van der Waals surface area contributed by atoms with E-state index in [9.17, 15) is 0 Å². The largest absolute Gasteiger partial charge is 1.00 e. The fourth-order valence-electron chi connectivity index (χ4n) is 3.13. The second-order valence-electron chi connectivity index (χ2n) is 6.36. The van der Waals surface area contributed by atoms with Gasteiger partial charge in [-0.15, -0.1) is 6.42 Å². The molecule has 2 aliphatic carbocycles. The molecule has 0 amide bonds. The minimum Gasteiger partial charge on any atom is -1.00 e. The van der Waals surface area contributed by atoms with Gasteiger partial charge >= 0.3 is 41.9 Å². The second-order valence-corrected chi connectivity index (χ2v) is 15.7. The van der Waals surface area contributed by atoms with Crippen LogP contribution in [-0.2, 0) is 23.3 Å². The van der Waals surface area contributed by atoms with Crippen LogP contribution in [0.15, 0.2) is 58.5 Å². The minimum atomic E-state index is 0. The van der Waals surface area contributed by atoms with Crippen LogP contribution in [0.3, 0.4) is 0 Å². The van der Waals surface area contributed by atoms with Crippen LogP contribution >= 0.6 is 0 Å². The van der Waals surface area contributed by atoms with Crippen molar-refractivity contribution >= 4 is 17.1 Å². The number of benzene rings is 1. The van der Waals surface area contributed by atoms with Gasteiger partial charge < -0.3 is 29.2 Å². The van der Waals surface area contributed by atoms with Crippen LogP contribution in [0.4, 0.5) is 0 Å². The molecule has 26 heavy (non-hydrogen) atoms. The standard InChI is InChI=1S/C19H15O.C2H6Si.2ClH.Zr/c1-13-10-11-18(20-13)17-12-15-8-4-5-9-16(15)19(17)14-6-2-3-7-14;1-3-2;;;/h2,4-6,8-12,19H,7H2,1H3;1-2H3;2*1H;/q-1;;;;+2/p-2. The summed E-state index contributed by atoms with van der Waals surface area (Å²) >= 11 is 1.74. The Morgan fingerprint density at radius 2 is 1.81 bits per heavy atom. The van der Waals surface area contributed by atoms with Crippen LogP contribution in [0.1, 0.15) is 35.0 Å². The van der Waals surface area contributed by atoms with E-state index in [1.165, 1.54) is 22.3 Å². The molecule has 5 heteroatoms. The smallest absolute Gasteiger partial charge is 0.131 e. The van der Waals surface area contributed by atoms with Gasteiger partial charge in [-0.3, -0.25) is 6.08 Å². The summed E-state index contributed by atoms with van der Waals surface area (Å²) in [5, 5.41) is 0. The summed E-state index contributed by atoms with van der Waals surface area (Å²) in [6.07, 6.45) is 10.7. The molecule has 1 heterocycles. The molecule has 4 rings (SSSR count). The summed E-state index contributed by atoms with van der Waals surface area (Å²) in [7, 11) is 0. The first-order valence-corrected chi connectivity index (χ1v) is 14.4. The third kappa shape index (κ3) is 5.45. The first-order valence-electron chi connectivity index (χ1n) is 8.21. The first kappa shape index (κ1) is 23.4. The first-order chi connectivity index (χ1) is 11.6. The fourth-order valence-corrected chi connectivity index (χ4v) is 3.13. The van der Waals surface area contributed by atoms with Gasteiger partial charge in [-0.05, 0) is 36.3 Å². The van der Waals surface area contributed by atoms with E-state index in [0.29, 0.717) is 5.92 Å². The van der Waals surface area contributed by atoms with Crippen LogP contribution in [0, 0.1) is 13.0 Å². The zero-order valence-corrected chi connectivity index (χ0v) is 20.1. The zero-order chi connectivity index (χ0) is 17.1. The Balaban J connectivity index is 0.000000516. The molecule has 0 saturated carbocycles. The molecule has 0 bridgehead atoms. The molecule has 1 aromatic carbocycles. The molecule has 1 unspecified atom stereocenters. The van der Waals surface area contributed by atoms with Gasteiger partial charge in [0, 0.05) is 11.5 Å². The van der Waals surface area contributed by atoms with Crippen LogP contribution in [0.5, 0.6) is 0 Å². The Kier molecular flexibility index (Phi) is 9.61. The number of rotatable bonds is 2. The Bertz CT molecular complexity index is 860. The Morgan fingerprint density at radius 3 is 2.38 bits per heavy atom. The van der Waals surface area contributed by atoms with Crippen LogP contribution in [0.25, 0.3) is 11.6 Å². The summed E-state index contributed by atoms with van der Waals surface area (Å²) in [6, 6.07) is 12.7. The van der Waals surface area contributed by atoms with E-state index in [2.05, 4.69) is 61.7 Å².